The average Bonchev–Trinajstić information content (AvgIpc) is 2.90. The first-order valence-corrected chi connectivity index (χ1v) is 8.11. The van der Waals surface area contributed by atoms with Gasteiger partial charge in [0.05, 0.1) is 5.69 Å². The predicted octanol–water partition coefficient (Wildman–Crippen LogP) is 1.69. The second kappa shape index (κ2) is 6.40. The summed E-state index contributed by atoms with van der Waals surface area (Å²) >= 11 is 0. The lowest BCUT2D eigenvalue weighted by Crippen LogP contribution is -2.38. The Labute approximate surface area is 135 Å². The normalized spacial score (nSPS) is 15.8. The van der Waals surface area contributed by atoms with Gasteiger partial charge in [-0.3, -0.25) is 4.79 Å². The minimum absolute atomic E-state index is 0.127. The molecule has 0 aliphatic carbocycles. The van der Waals surface area contributed by atoms with Crippen molar-refractivity contribution in [2.75, 3.05) is 13.1 Å². The monoisotopic (exact) mass is 314 g/mol. The second-order valence-electron chi connectivity index (χ2n) is 5.94. The van der Waals surface area contributed by atoms with E-state index in [1.807, 2.05) is 42.2 Å². The minimum atomic E-state index is -0.127. The van der Waals surface area contributed by atoms with Crippen molar-refractivity contribution in [3.8, 4) is 5.69 Å². The van der Waals surface area contributed by atoms with Crippen LogP contribution in [-0.4, -0.2) is 38.2 Å². The third kappa shape index (κ3) is 2.93. The Kier molecular flexibility index (Phi) is 4.32. The van der Waals surface area contributed by atoms with Crippen LogP contribution >= 0.6 is 0 Å². The standard InChI is InChI=1S/C17H22N4O2/c1-3-15(22)20-11-9-13(10-12-20)16-18-19(2)17(23)21(16)14-7-5-4-6-8-14/h4-8,13H,3,9-12H2,1-2H3. The number of benzene rings is 1. The van der Waals surface area contributed by atoms with Crippen LogP contribution in [0.1, 0.15) is 37.9 Å². The number of likely N-dealkylation sites (tertiary alicyclic amines) is 1. The van der Waals surface area contributed by atoms with E-state index in [-0.39, 0.29) is 17.5 Å². The number of amides is 1. The lowest BCUT2D eigenvalue weighted by molar-refractivity contribution is -0.131. The van der Waals surface area contributed by atoms with E-state index in [2.05, 4.69) is 5.10 Å². The van der Waals surface area contributed by atoms with E-state index in [0.29, 0.717) is 6.42 Å². The molecule has 0 unspecified atom stereocenters. The van der Waals surface area contributed by atoms with Gasteiger partial charge in [0.25, 0.3) is 0 Å². The fourth-order valence-electron chi connectivity index (χ4n) is 3.18. The third-order valence-electron chi connectivity index (χ3n) is 4.48. The van der Waals surface area contributed by atoms with E-state index < -0.39 is 0 Å². The summed E-state index contributed by atoms with van der Waals surface area (Å²) in [7, 11) is 1.68. The Morgan fingerprint density at radius 3 is 2.48 bits per heavy atom. The van der Waals surface area contributed by atoms with Gasteiger partial charge in [-0.25, -0.2) is 14.0 Å². The molecule has 1 aromatic carbocycles. The molecule has 1 saturated heterocycles. The number of aryl methyl sites for hydroxylation is 1. The highest BCUT2D eigenvalue weighted by Gasteiger charge is 2.28. The first kappa shape index (κ1) is 15.5. The Bertz CT molecular complexity index is 740. The zero-order valence-electron chi connectivity index (χ0n) is 13.6. The fourth-order valence-corrected chi connectivity index (χ4v) is 3.18. The molecule has 0 N–H and O–H groups in total. The van der Waals surface area contributed by atoms with Gasteiger partial charge >= 0.3 is 5.69 Å². The summed E-state index contributed by atoms with van der Waals surface area (Å²) in [4.78, 5) is 26.2. The summed E-state index contributed by atoms with van der Waals surface area (Å²) in [6.45, 7) is 3.36. The van der Waals surface area contributed by atoms with Crippen LogP contribution < -0.4 is 5.69 Å². The van der Waals surface area contributed by atoms with Crippen LogP contribution in [0, 0.1) is 0 Å². The van der Waals surface area contributed by atoms with Crippen LogP contribution in [0.4, 0.5) is 0 Å². The summed E-state index contributed by atoms with van der Waals surface area (Å²) < 4.78 is 3.09. The molecule has 0 spiro atoms. The van der Waals surface area contributed by atoms with E-state index in [0.717, 1.165) is 37.4 Å². The molecular weight excluding hydrogens is 292 g/mol. The molecule has 0 saturated carbocycles. The van der Waals surface area contributed by atoms with Crippen LogP contribution in [0.3, 0.4) is 0 Å². The summed E-state index contributed by atoms with van der Waals surface area (Å²) in [5, 5.41) is 4.46. The zero-order chi connectivity index (χ0) is 16.4. The van der Waals surface area contributed by atoms with E-state index in [1.165, 1.54) is 4.68 Å². The number of hydrogen-bond acceptors (Lipinski definition) is 3. The predicted molar refractivity (Wildman–Crippen MR) is 87.7 cm³/mol. The smallest absolute Gasteiger partial charge is 0.343 e. The van der Waals surface area contributed by atoms with Crippen molar-refractivity contribution in [2.45, 2.75) is 32.1 Å². The highest BCUT2D eigenvalue weighted by Crippen LogP contribution is 2.27. The lowest BCUT2D eigenvalue weighted by atomic mass is 9.95. The Morgan fingerprint density at radius 1 is 1.22 bits per heavy atom. The molecule has 1 fully saturated rings. The van der Waals surface area contributed by atoms with Gasteiger partial charge in [-0.05, 0) is 25.0 Å². The van der Waals surface area contributed by atoms with Crippen LogP contribution in [0.15, 0.2) is 35.1 Å². The van der Waals surface area contributed by atoms with Gasteiger partial charge in [-0.1, -0.05) is 25.1 Å². The second-order valence-corrected chi connectivity index (χ2v) is 5.94. The number of para-hydroxylation sites is 1. The van der Waals surface area contributed by atoms with Gasteiger partial charge < -0.3 is 4.90 Å². The molecule has 3 rings (SSSR count). The van der Waals surface area contributed by atoms with Gasteiger partial charge in [0, 0.05) is 32.5 Å². The maximum absolute atomic E-state index is 12.5. The molecule has 1 aliphatic heterocycles. The first-order valence-electron chi connectivity index (χ1n) is 8.11. The van der Waals surface area contributed by atoms with E-state index in [4.69, 9.17) is 0 Å². The average molecular weight is 314 g/mol. The molecule has 0 radical (unpaired) electrons. The Balaban J connectivity index is 1.89. The molecule has 23 heavy (non-hydrogen) atoms. The SMILES string of the molecule is CCC(=O)N1CCC(c2nn(C)c(=O)n2-c2ccccc2)CC1. The van der Waals surface area contributed by atoms with Crippen molar-refractivity contribution < 1.29 is 4.79 Å². The molecule has 2 aromatic rings. The van der Waals surface area contributed by atoms with E-state index >= 15 is 0 Å². The summed E-state index contributed by atoms with van der Waals surface area (Å²) in [5.41, 5.74) is 0.714. The van der Waals surface area contributed by atoms with Gasteiger partial charge in [-0.2, -0.15) is 5.10 Å². The van der Waals surface area contributed by atoms with Crippen molar-refractivity contribution in [1.29, 1.82) is 0 Å². The highest BCUT2D eigenvalue weighted by atomic mass is 16.2. The van der Waals surface area contributed by atoms with Crippen LogP contribution in [-0.2, 0) is 11.8 Å². The van der Waals surface area contributed by atoms with Crippen LogP contribution in [0.25, 0.3) is 5.69 Å². The van der Waals surface area contributed by atoms with Crippen LogP contribution in [0.5, 0.6) is 0 Å². The number of rotatable bonds is 3. The Morgan fingerprint density at radius 2 is 1.87 bits per heavy atom. The number of carbonyl (C=O) groups is 1. The van der Waals surface area contributed by atoms with Gasteiger partial charge in [0.2, 0.25) is 5.91 Å². The molecule has 122 valence electrons. The van der Waals surface area contributed by atoms with E-state index in [1.54, 1.807) is 11.6 Å². The van der Waals surface area contributed by atoms with Gasteiger partial charge in [0.15, 0.2) is 0 Å². The number of nitrogens with zero attached hydrogens (tertiary/aromatic N) is 4. The third-order valence-corrected chi connectivity index (χ3v) is 4.48. The molecule has 6 nitrogen and oxygen atoms in total. The number of aromatic nitrogens is 3. The molecule has 1 aliphatic rings. The maximum atomic E-state index is 12.5. The molecular formula is C17H22N4O2. The van der Waals surface area contributed by atoms with Gasteiger partial charge in [0.1, 0.15) is 5.82 Å². The first-order chi connectivity index (χ1) is 11.1. The maximum Gasteiger partial charge on any atom is 0.350 e. The minimum Gasteiger partial charge on any atom is -0.343 e. The summed E-state index contributed by atoms with van der Waals surface area (Å²) in [6, 6.07) is 9.60. The zero-order valence-corrected chi connectivity index (χ0v) is 13.6. The van der Waals surface area contributed by atoms with E-state index in [9.17, 15) is 9.59 Å². The largest absolute Gasteiger partial charge is 0.350 e. The Hall–Kier alpha value is -2.37. The summed E-state index contributed by atoms with van der Waals surface area (Å²) in [6.07, 6.45) is 2.23. The molecule has 1 amide bonds. The molecule has 6 heteroatoms. The van der Waals surface area contributed by atoms with Crippen LogP contribution in [0.2, 0.25) is 0 Å². The fraction of sp³-hybridized carbons (Fsp3) is 0.471. The van der Waals surface area contributed by atoms with Crippen molar-refractivity contribution in [3.63, 3.8) is 0 Å². The van der Waals surface area contributed by atoms with Crippen molar-refractivity contribution >= 4 is 5.91 Å². The van der Waals surface area contributed by atoms with Gasteiger partial charge in [-0.15, -0.1) is 0 Å². The van der Waals surface area contributed by atoms with Crippen molar-refractivity contribution in [2.24, 2.45) is 7.05 Å². The lowest BCUT2D eigenvalue weighted by Gasteiger charge is -2.31. The highest BCUT2D eigenvalue weighted by molar-refractivity contribution is 5.75. The molecule has 0 bridgehead atoms. The number of hydrogen-bond donors (Lipinski definition) is 0. The van der Waals surface area contributed by atoms with Crippen molar-refractivity contribution in [3.05, 3.63) is 46.6 Å². The summed E-state index contributed by atoms with van der Waals surface area (Å²) in [5.74, 6) is 1.20. The number of carbonyl (C=O) groups excluding carboxylic acids is 1. The molecule has 0 atom stereocenters. The molecule has 1 aromatic heterocycles. The van der Waals surface area contributed by atoms with Crippen molar-refractivity contribution in [1.82, 2.24) is 19.2 Å². The molecule has 2 heterocycles. The quantitative estimate of drug-likeness (QED) is 0.866. The number of piperidine rings is 1. The topological polar surface area (TPSA) is 60.1 Å².